The largest absolute Gasteiger partial charge is 0.474 e. The standard InChI is InChI=1S/C13H17N5O/c1-7-3-4-9-6-19-13-10-11(16-17-13)14-8(2)15-12(10)18(9)5-7/h7,9H,3-6H2,1-2H3,(H,14,15,16,17). The highest BCUT2D eigenvalue weighted by molar-refractivity contribution is 5.92. The Morgan fingerprint density at radius 1 is 1.32 bits per heavy atom. The van der Waals surface area contributed by atoms with Gasteiger partial charge in [0.25, 0.3) is 0 Å². The smallest absolute Gasteiger partial charge is 0.246 e. The quantitative estimate of drug-likeness (QED) is 0.779. The molecule has 2 aromatic heterocycles. The Kier molecular flexibility index (Phi) is 2.22. The fourth-order valence-electron chi connectivity index (χ4n) is 3.12. The van der Waals surface area contributed by atoms with Crippen LogP contribution in [0, 0.1) is 12.8 Å². The molecule has 6 nitrogen and oxygen atoms in total. The van der Waals surface area contributed by atoms with Gasteiger partial charge in [-0.15, -0.1) is 5.10 Å². The molecule has 19 heavy (non-hydrogen) atoms. The lowest BCUT2D eigenvalue weighted by Crippen LogP contribution is -2.45. The first-order valence-corrected chi connectivity index (χ1v) is 6.84. The summed E-state index contributed by atoms with van der Waals surface area (Å²) in [5.41, 5.74) is 0.774. The number of aryl methyl sites for hydroxylation is 1. The molecule has 1 fully saturated rings. The first kappa shape index (κ1) is 11.0. The third-order valence-electron chi connectivity index (χ3n) is 4.11. The summed E-state index contributed by atoms with van der Waals surface area (Å²) >= 11 is 0. The van der Waals surface area contributed by atoms with Crippen molar-refractivity contribution in [3.63, 3.8) is 0 Å². The maximum atomic E-state index is 5.84. The average Bonchev–Trinajstić information content (AvgIpc) is 2.72. The van der Waals surface area contributed by atoms with E-state index >= 15 is 0 Å². The van der Waals surface area contributed by atoms with Crippen LogP contribution in [0.25, 0.3) is 11.0 Å². The Balaban J connectivity index is 1.94. The Morgan fingerprint density at radius 2 is 2.21 bits per heavy atom. The lowest BCUT2D eigenvalue weighted by Gasteiger charge is -2.38. The van der Waals surface area contributed by atoms with Crippen molar-refractivity contribution in [3.8, 4) is 5.88 Å². The lowest BCUT2D eigenvalue weighted by atomic mass is 9.94. The predicted molar refractivity (Wildman–Crippen MR) is 71.4 cm³/mol. The molecule has 0 saturated carbocycles. The van der Waals surface area contributed by atoms with Crippen LogP contribution in [0.2, 0.25) is 0 Å². The van der Waals surface area contributed by atoms with Gasteiger partial charge in [0.05, 0.1) is 6.04 Å². The molecule has 2 atom stereocenters. The van der Waals surface area contributed by atoms with Gasteiger partial charge in [-0.05, 0) is 25.7 Å². The minimum absolute atomic E-state index is 0.405. The van der Waals surface area contributed by atoms with Crippen LogP contribution in [-0.4, -0.2) is 39.4 Å². The summed E-state index contributed by atoms with van der Waals surface area (Å²) in [7, 11) is 0. The highest BCUT2D eigenvalue weighted by atomic mass is 16.5. The van der Waals surface area contributed by atoms with Gasteiger partial charge in [-0.3, -0.25) is 5.10 Å². The van der Waals surface area contributed by atoms with Gasteiger partial charge in [0, 0.05) is 6.54 Å². The number of H-pyrrole nitrogens is 1. The molecule has 2 unspecified atom stereocenters. The van der Waals surface area contributed by atoms with Gasteiger partial charge < -0.3 is 9.64 Å². The summed E-state index contributed by atoms with van der Waals surface area (Å²) in [6, 6.07) is 0.405. The van der Waals surface area contributed by atoms with Crippen molar-refractivity contribution >= 4 is 16.9 Å². The number of ether oxygens (including phenoxy) is 1. The van der Waals surface area contributed by atoms with Crippen molar-refractivity contribution in [1.82, 2.24) is 20.2 Å². The number of aromatic amines is 1. The number of hydrogen-bond acceptors (Lipinski definition) is 5. The Labute approximate surface area is 111 Å². The number of anilines is 1. The average molecular weight is 259 g/mol. The molecule has 100 valence electrons. The van der Waals surface area contributed by atoms with Crippen molar-refractivity contribution in [1.29, 1.82) is 0 Å². The van der Waals surface area contributed by atoms with Crippen LogP contribution in [0.5, 0.6) is 5.88 Å². The van der Waals surface area contributed by atoms with Gasteiger partial charge in [-0.25, -0.2) is 9.97 Å². The van der Waals surface area contributed by atoms with E-state index in [4.69, 9.17) is 4.74 Å². The molecule has 0 amide bonds. The Bertz CT molecular complexity index is 637. The molecule has 1 N–H and O–H groups in total. The van der Waals surface area contributed by atoms with E-state index in [0.717, 1.165) is 35.6 Å². The third kappa shape index (κ3) is 1.59. The number of nitrogens with zero attached hydrogens (tertiary/aromatic N) is 4. The minimum atomic E-state index is 0.405. The van der Waals surface area contributed by atoms with E-state index in [9.17, 15) is 0 Å². The maximum absolute atomic E-state index is 5.84. The second kappa shape index (κ2) is 3.82. The van der Waals surface area contributed by atoms with Gasteiger partial charge in [0.15, 0.2) is 5.65 Å². The van der Waals surface area contributed by atoms with Gasteiger partial charge in [-0.2, -0.15) is 0 Å². The highest BCUT2D eigenvalue weighted by Crippen LogP contribution is 2.37. The van der Waals surface area contributed by atoms with Gasteiger partial charge >= 0.3 is 0 Å². The molecule has 1 saturated heterocycles. The highest BCUT2D eigenvalue weighted by Gasteiger charge is 2.33. The molecule has 2 aliphatic heterocycles. The van der Waals surface area contributed by atoms with Gasteiger partial charge in [0.1, 0.15) is 23.6 Å². The van der Waals surface area contributed by atoms with Gasteiger partial charge in [0.2, 0.25) is 5.88 Å². The summed E-state index contributed by atoms with van der Waals surface area (Å²) in [6.45, 7) is 5.93. The van der Waals surface area contributed by atoms with Crippen molar-refractivity contribution in [3.05, 3.63) is 5.82 Å². The fourth-order valence-corrected chi connectivity index (χ4v) is 3.12. The second-order valence-corrected chi connectivity index (χ2v) is 5.65. The number of nitrogens with one attached hydrogen (secondary N) is 1. The Morgan fingerprint density at radius 3 is 3.11 bits per heavy atom. The molecule has 0 spiro atoms. The number of hydrogen-bond donors (Lipinski definition) is 1. The summed E-state index contributed by atoms with van der Waals surface area (Å²) in [4.78, 5) is 11.4. The lowest BCUT2D eigenvalue weighted by molar-refractivity contribution is 0.244. The van der Waals surface area contributed by atoms with Crippen LogP contribution in [0.4, 0.5) is 5.82 Å². The number of piperidine rings is 1. The molecule has 4 rings (SSSR count). The second-order valence-electron chi connectivity index (χ2n) is 5.65. The molecule has 4 heterocycles. The van der Waals surface area contributed by atoms with Crippen LogP contribution < -0.4 is 9.64 Å². The van der Waals surface area contributed by atoms with Crippen LogP contribution in [0.1, 0.15) is 25.6 Å². The molecule has 0 radical (unpaired) electrons. The topological polar surface area (TPSA) is 66.9 Å². The normalized spacial score (nSPS) is 25.9. The van der Waals surface area contributed by atoms with Crippen molar-refractivity contribution in [2.75, 3.05) is 18.1 Å². The van der Waals surface area contributed by atoms with Crippen LogP contribution in [0.15, 0.2) is 0 Å². The molecule has 0 bridgehead atoms. The molecule has 6 heteroatoms. The fraction of sp³-hybridized carbons (Fsp3) is 0.615. The minimum Gasteiger partial charge on any atom is -0.474 e. The zero-order chi connectivity index (χ0) is 13.0. The summed E-state index contributed by atoms with van der Waals surface area (Å²) in [5, 5.41) is 8.10. The number of rotatable bonds is 0. The van der Waals surface area contributed by atoms with Crippen LogP contribution >= 0.6 is 0 Å². The van der Waals surface area contributed by atoms with Crippen LogP contribution in [-0.2, 0) is 0 Å². The van der Waals surface area contributed by atoms with Crippen molar-refractivity contribution in [2.45, 2.75) is 32.7 Å². The first-order valence-electron chi connectivity index (χ1n) is 6.84. The Hall–Kier alpha value is -1.85. The molecular formula is C13H17N5O. The maximum Gasteiger partial charge on any atom is 0.246 e. The molecule has 2 aliphatic rings. The predicted octanol–water partition coefficient (Wildman–Crippen LogP) is 1.66. The molecule has 2 aromatic rings. The van der Waals surface area contributed by atoms with E-state index < -0.39 is 0 Å². The van der Waals surface area contributed by atoms with Crippen LogP contribution in [0.3, 0.4) is 0 Å². The zero-order valence-electron chi connectivity index (χ0n) is 11.2. The zero-order valence-corrected chi connectivity index (χ0v) is 11.2. The molecule has 0 aliphatic carbocycles. The first-order chi connectivity index (χ1) is 9.22. The number of aromatic nitrogens is 4. The van der Waals surface area contributed by atoms with E-state index in [1.807, 2.05) is 6.92 Å². The van der Waals surface area contributed by atoms with E-state index in [2.05, 4.69) is 32.0 Å². The SMILES string of the molecule is Cc1nc2c3c(n[nH]c3n1)OCC1CCC(C)CN21. The summed E-state index contributed by atoms with van der Waals surface area (Å²) < 4.78 is 5.84. The monoisotopic (exact) mass is 259 g/mol. The number of fused-ring (bicyclic) bond motifs is 2. The van der Waals surface area contributed by atoms with Gasteiger partial charge in [-0.1, -0.05) is 6.92 Å². The van der Waals surface area contributed by atoms with E-state index in [1.165, 1.54) is 6.42 Å². The van der Waals surface area contributed by atoms with E-state index in [0.29, 0.717) is 24.4 Å². The molecule has 0 aromatic carbocycles. The van der Waals surface area contributed by atoms with E-state index in [1.54, 1.807) is 0 Å². The van der Waals surface area contributed by atoms with Crippen molar-refractivity contribution in [2.24, 2.45) is 5.92 Å². The van der Waals surface area contributed by atoms with E-state index in [-0.39, 0.29) is 0 Å². The van der Waals surface area contributed by atoms with Crippen molar-refractivity contribution < 1.29 is 4.74 Å². The third-order valence-corrected chi connectivity index (χ3v) is 4.11. The summed E-state index contributed by atoms with van der Waals surface area (Å²) in [6.07, 6.45) is 2.40. The molecular weight excluding hydrogens is 242 g/mol. The summed E-state index contributed by atoms with van der Waals surface area (Å²) in [5.74, 6) is 3.10.